The molecule has 0 aliphatic heterocycles. The molecule has 0 aliphatic rings. The molecule has 0 spiro atoms. The number of nitrogens with two attached hydrogens (primary N) is 1. The summed E-state index contributed by atoms with van der Waals surface area (Å²) in [5, 5.41) is 10.3. The third kappa shape index (κ3) is 4.44. The first-order valence-corrected chi connectivity index (χ1v) is 10.3. The van der Waals surface area contributed by atoms with Gasteiger partial charge in [0.1, 0.15) is 5.54 Å². The van der Waals surface area contributed by atoms with Crippen LogP contribution in [0.15, 0.2) is 91.0 Å². The van der Waals surface area contributed by atoms with Crippen LogP contribution < -0.4 is 11.1 Å². The number of nitrogens with one attached hydrogen (secondary N) is 2. The fourth-order valence-corrected chi connectivity index (χ4v) is 3.65. The van der Waals surface area contributed by atoms with Crippen molar-refractivity contribution in [1.82, 2.24) is 15.5 Å². The summed E-state index contributed by atoms with van der Waals surface area (Å²) < 4.78 is 0. The summed E-state index contributed by atoms with van der Waals surface area (Å²) >= 11 is 0. The number of carbonyl (C=O) groups is 2. The van der Waals surface area contributed by atoms with Gasteiger partial charge in [0.25, 0.3) is 5.91 Å². The van der Waals surface area contributed by atoms with E-state index in [0.29, 0.717) is 23.2 Å². The Kier molecular flexibility index (Phi) is 5.85. The zero-order valence-corrected chi connectivity index (χ0v) is 17.7. The van der Waals surface area contributed by atoms with Crippen LogP contribution >= 0.6 is 0 Å². The van der Waals surface area contributed by atoms with Gasteiger partial charge in [0, 0.05) is 23.1 Å². The van der Waals surface area contributed by atoms with Crippen LogP contribution in [0.2, 0.25) is 0 Å². The number of aromatic nitrogens is 2. The first-order valence-electron chi connectivity index (χ1n) is 10.3. The van der Waals surface area contributed by atoms with Crippen LogP contribution in [-0.2, 0) is 11.2 Å². The first-order chi connectivity index (χ1) is 15.5. The number of nitrogens with zero attached hydrogens (tertiary/aromatic N) is 1. The number of rotatable bonds is 7. The van der Waals surface area contributed by atoms with Crippen molar-refractivity contribution in [3.63, 3.8) is 0 Å². The predicted octanol–water partition coefficient (Wildman–Crippen LogP) is 3.96. The fraction of sp³-hybridized carbons (Fsp3) is 0.115. The Bertz CT molecular complexity index is 1230. The molecular formula is C26H24N4O2. The Hall–Kier alpha value is -4.19. The van der Waals surface area contributed by atoms with Gasteiger partial charge >= 0.3 is 0 Å². The quantitative estimate of drug-likeness (QED) is 0.419. The third-order valence-corrected chi connectivity index (χ3v) is 5.44. The molecule has 0 bridgehead atoms. The highest BCUT2D eigenvalue weighted by atomic mass is 16.2. The zero-order chi connectivity index (χ0) is 22.6. The summed E-state index contributed by atoms with van der Waals surface area (Å²) in [7, 11) is 0. The molecular weight excluding hydrogens is 400 g/mol. The van der Waals surface area contributed by atoms with Crippen LogP contribution in [0, 0.1) is 0 Å². The van der Waals surface area contributed by atoms with E-state index in [1.54, 1.807) is 19.1 Å². The highest BCUT2D eigenvalue weighted by Gasteiger charge is 2.34. The molecule has 160 valence electrons. The van der Waals surface area contributed by atoms with E-state index in [-0.39, 0.29) is 5.91 Å². The lowest BCUT2D eigenvalue weighted by Gasteiger charge is -2.28. The van der Waals surface area contributed by atoms with E-state index in [4.69, 9.17) is 5.73 Å². The number of hydrogen-bond donors (Lipinski definition) is 3. The van der Waals surface area contributed by atoms with Gasteiger partial charge in [0.15, 0.2) is 0 Å². The van der Waals surface area contributed by atoms with Gasteiger partial charge in [-0.25, -0.2) is 0 Å². The molecule has 2 amide bonds. The number of aromatic amines is 1. The average molecular weight is 425 g/mol. The minimum absolute atomic E-state index is 0.291. The minimum atomic E-state index is -1.24. The molecule has 6 heteroatoms. The molecule has 0 saturated heterocycles. The Labute approximate surface area is 186 Å². The van der Waals surface area contributed by atoms with E-state index in [2.05, 4.69) is 15.5 Å². The van der Waals surface area contributed by atoms with Gasteiger partial charge in [-0.2, -0.15) is 5.10 Å². The standard InChI is InChI=1S/C26H24N4O2/c1-26(25(27)32,17-18-10-4-2-5-11-18)28-24(31)21-15-9-8-14-20(21)23-16-22(29-30-23)19-12-6-3-7-13-19/h2-16H,17H2,1H3,(H2,27,32)(H,28,31)(H,29,30). The molecule has 1 aromatic heterocycles. The molecule has 6 nitrogen and oxygen atoms in total. The monoisotopic (exact) mass is 424 g/mol. The Morgan fingerprint density at radius 3 is 2.25 bits per heavy atom. The van der Waals surface area contributed by atoms with Crippen molar-refractivity contribution < 1.29 is 9.59 Å². The van der Waals surface area contributed by atoms with Crippen LogP contribution in [0.4, 0.5) is 0 Å². The number of H-pyrrole nitrogens is 1. The van der Waals surface area contributed by atoms with Crippen molar-refractivity contribution >= 4 is 11.8 Å². The van der Waals surface area contributed by atoms with Crippen molar-refractivity contribution in [2.75, 3.05) is 0 Å². The molecule has 0 saturated carbocycles. The maximum atomic E-state index is 13.3. The van der Waals surface area contributed by atoms with Crippen molar-refractivity contribution in [1.29, 1.82) is 0 Å². The van der Waals surface area contributed by atoms with Gasteiger partial charge in [-0.3, -0.25) is 14.7 Å². The molecule has 0 fully saturated rings. The maximum absolute atomic E-state index is 13.3. The second-order valence-corrected chi connectivity index (χ2v) is 7.89. The molecule has 3 aromatic carbocycles. The van der Waals surface area contributed by atoms with Crippen molar-refractivity contribution in [3.8, 4) is 22.5 Å². The molecule has 32 heavy (non-hydrogen) atoms. The average Bonchev–Trinajstić information content (AvgIpc) is 3.30. The number of primary amides is 1. The molecule has 0 aliphatic carbocycles. The predicted molar refractivity (Wildman–Crippen MR) is 125 cm³/mol. The van der Waals surface area contributed by atoms with Gasteiger partial charge < -0.3 is 11.1 Å². The minimum Gasteiger partial charge on any atom is -0.368 e. The van der Waals surface area contributed by atoms with E-state index < -0.39 is 11.4 Å². The highest BCUT2D eigenvalue weighted by molar-refractivity contribution is 6.03. The van der Waals surface area contributed by atoms with Gasteiger partial charge in [0.2, 0.25) is 5.91 Å². The number of benzene rings is 3. The van der Waals surface area contributed by atoms with Gasteiger partial charge in [0.05, 0.1) is 11.4 Å². The summed E-state index contributed by atoms with van der Waals surface area (Å²) in [6, 6.07) is 28.4. The Balaban J connectivity index is 1.63. The van der Waals surface area contributed by atoms with Crippen LogP contribution in [0.5, 0.6) is 0 Å². The SMILES string of the molecule is CC(Cc1ccccc1)(NC(=O)c1ccccc1-c1cc(-c2ccccc2)n[nH]1)C(N)=O. The Morgan fingerprint density at radius 2 is 1.56 bits per heavy atom. The summed E-state index contributed by atoms with van der Waals surface area (Å²) in [5.41, 5.74) is 8.93. The number of hydrogen-bond acceptors (Lipinski definition) is 3. The molecule has 1 atom stereocenters. The van der Waals surface area contributed by atoms with Gasteiger partial charge in [-0.1, -0.05) is 78.9 Å². The lowest BCUT2D eigenvalue weighted by atomic mass is 9.91. The third-order valence-electron chi connectivity index (χ3n) is 5.44. The Morgan fingerprint density at radius 1 is 0.938 bits per heavy atom. The summed E-state index contributed by atoms with van der Waals surface area (Å²) in [5.74, 6) is -0.978. The lowest BCUT2D eigenvalue weighted by Crippen LogP contribution is -2.56. The second kappa shape index (κ2) is 8.89. The van der Waals surface area contributed by atoms with Crippen molar-refractivity contribution in [2.45, 2.75) is 18.9 Å². The van der Waals surface area contributed by atoms with Crippen LogP contribution in [0.1, 0.15) is 22.8 Å². The molecule has 1 unspecified atom stereocenters. The summed E-state index contributed by atoms with van der Waals surface area (Å²) in [6.07, 6.45) is 0.291. The second-order valence-electron chi connectivity index (χ2n) is 7.89. The van der Waals surface area contributed by atoms with E-state index in [1.165, 1.54) is 0 Å². The number of amides is 2. The lowest BCUT2D eigenvalue weighted by molar-refractivity contribution is -0.123. The smallest absolute Gasteiger partial charge is 0.252 e. The van der Waals surface area contributed by atoms with E-state index >= 15 is 0 Å². The topological polar surface area (TPSA) is 101 Å². The van der Waals surface area contributed by atoms with Crippen LogP contribution in [0.25, 0.3) is 22.5 Å². The largest absolute Gasteiger partial charge is 0.368 e. The summed E-state index contributed by atoms with van der Waals surface area (Å²) in [4.78, 5) is 25.6. The summed E-state index contributed by atoms with van der Waals surface area (Å²) in [6.45, 7) is 1.65. The first kappa shape index (κ1) is 21.1. The number of carbonyl (C=O) groups excluding carboxylic acids is 2. The van der Waals surface area contributed by atoms with Crippen molar-refractivity contribution in [2.24, 2.45) is 5.73 Å². The molecule has 4 rings (SSSR count). The van der Waals surface area contributed by atoms with E-state index in [0.717, 1.165) is 16.8 Å². The normalized spacial score (nSPS) is 12.7. The zero-order valence-electron chi connectivity index (χ0n) is 17.7. The molecule has 0 radical (unpaired) electrons. The molecule has 1 heterocycles. The van der Waals surface area contributed by atoms with Crippen LogP contribution in [-0.4, -0.2) is 27.6 Å². The molecule has 4 N–H and O–H groups in total. The highest BCUT2D eigenvalue weighted by Crippen LogP contribution is 2.27. The van der Waals surface area contributed by atoms with Gasteiger partial charge in [-0.05, 0) is 24.6 Å². The maximum Gasteiger partial charge on any atom is 0.252 e. The fourth-order valence-electron chi connectivity index (χ4n) is 3.65. The van der Waals surface area contributed by atoms with E-state index in [1.807, 2.05) is 78.9 Å². The van der Waals surface area contributed by atoms with Crippen molar-refractivity contribution in [3.05, 3.63) is 102 Å². The molecule has 4 aromatic rings. The van der Waals surface area contributed by atoms with Crippen LogP contribution in [0.3, 0.4) is 0 Å². The van der Waals surface area contributed by atoms with E-state index in [9.17, 15) is 9.59 Å². The van der Waals surface area contributed by atoms with Gasteiger partial charge in [-0.15, -0.1) is 0 Å².